The van der Waals surface area contributed by atoms with Crippen molar-refractivity contribution in [2.45, 2.75) is 46.4 Å². The van der Waals surface area contributed by atoms with Crippen molar-refractivity contribution in [3.05, 3.63) is 17.0 Å². The van der Waals surface area contributed by atoms with Gasteiger partial charge in [-0.3, -0.25) is 0 Å². The average Bonchev–Trinajstić information content (AvgIpc) is 2.95. The van der Waals surface area contributed by atoms with Gasteiger partial charge in [-0.05, 0) is 0 Å². The van der Waals surface area contributed by atoms with E-state index in [9.17, 15) is 13.2 Å². The molecular formula is C13H20ClHgN3O4S. The Morgan fingerprint density at radius 3 is 2.57 bits per heavy atom. The molecule has 1 aromatic heterocycles. The van der Waals surface area contributed by atoms with Crippen LogP contribution in [0.2, 0.25) is 0 Å². The van der Waals surface area contributed by atoms with Crippen molar-refractivity contribution in [3.63, 3.8) is 0 Å². The minimum atomic E-state index is -3.41. The van der Waals surface area contributed by atoms with Crippen molar-refractivity contribution in [1.29, 1.82) is 0 Å². The van der Waals surface area contributed by atoms with Gasteiger partial charge in [-0.2, -0.15) is 0 Å². The Hall–Kier alpha value is -0.345. The molecule has 2 rings (SSSR count). The summed E-state index contributed by atoms with van der Waals surface area (Å²) in [5.41, 5.74) is 1.43. The fourth-order valence-corrected chi connectivity index (χ4v) is 14.2. The van der Waals surface area contributed by atoms with Crippen molar-refractivity contribution in [2.75, 3.05) is 6.65 Å². The summed E-state index contributed by atoms with van der Waals surface area (Å²) < 4.78 is 31.8. The molecule has 0 fully saturated rings. The van der Waals surface area contributed by atoms with E-state index in [4.69, 9.17) is 16.3 Å². The maximum absolute atomic E-state index is 12.3. The van der Waals surface area contributed by atoms with Crippen LogP contribution in [0.15, 0.2) is 0 Å². The van der Waals surface area contributed by atoms with Crippen molar-refractivity contribution in [2.24, 2.45) is 0 Å². The van der Waals surface area contributed by atoms with Gasteiger partial charge in [0.05, 0.1) is 0 Å². The Bertz CT molecular complexity index is 712. The molecule has 7 nitrogen and oxygen atoms in total. The molecule has 0 saturated carbocycles. The van der Waals surface area contributed by atoms with Gasteiger partial charge in [0.2, 0.25) is 0 Å². The second-order valence-corrected chi connectivity index (χ2v) is 20.8. The molecule has 0 radical (unpaired) electrons. The number of nitrogens with zero attached hydrogens (tertiary/aromatic N) is 3. The third-order valence-corrected chi connectivity index (χ3v) is 17.9. The Morgan fingerprint density at radius 1 is 1.39 bits per heavy atom. The van der Waals surface area contributed by atoms with Crippen molar-refractivity contribution < 1.29 is 42.5 Å². The predicted octanol–water partition coefficient (Wildman–Crippen LogP) is 1.86. The number of carbonyl (C=O) groups is 1. The first-order valence-corrected chi connectivity index (χ1v) is 17.3. The van der Waals surface area contributed by atoms with E-state index in [-0.39, 0.29) is 9.81 Å². The standard InChI is InChI=1S/C12H18N3O4S.CH2Cl.Hg/c1-8-9-6-14(11(16)19-12(2,3)4)7-10(9)13-15(8)20(5,17)18;1-2;/h5-7H2,1-4H3;1H2;. The molecule has 1 aromatic rings. The van der Waals surface area contributed by atoms with Gasteiger partial charge in [-0.25, -0.2) is 0 Å². The molecule has 1 amide bonds. The number of aromatic nitrogens is 2. The molecule has 126 valence electrons. The minimum absolute atomic E-state index is 0.174. The van der Waals surface area contributed by atoms with E-state index in [1.807, 2.05) is 0 Å². The number of rotatable bonds is 4. The van der Waals surface area contributed by atoms with Gasteiger partial charge >= 0.3 is 154 Å². The normalized spacial score (nSPS) is 14.6. The number of ether oxygens (including phenoxy) is 1. The summed E-state index contributed by atoms with van der Waals surface area (Å²) in [7, 11) is -3.41. The van der Waals surface area contributed by atoms with E-state index in [0.29, 0.717) is 21.3 Å². The summed E-state index contributed by atoms with van der Waals surface area (Å²) in [5, 5.41) is 4.22. The zero-order valence-electron chi connectivity index (χ0n) is 13.8. The molecule has 2 heterocycles. The molecule has 0 N–H and O–H groups in total. The summed E-state index contributed by atoms with van der Waals surface area (Å²) in [6, 6.07) is 0. The first-order valence-electron chi connectivity index (χ1n) is 7.39. The van der Waals surface area contributed by atoms with Crippen molar-refractivity contribution in [3.8, 4) is 0 Å². The number of hydrogen-bond donors (Lipinski definition) is 0. The summed E-state index contributed by atoms with van der Waals surface area (Å²) in [4.78, 5) is 13.6. The molecule has 0 bridgehead atoms. The van der Waals surface area contributed by atoms with E-state index in [1.165, 1.54) is 4.90 Å². The summed E-state index contributed by atoms with van der Waals surface area (Å²) >= 11 is 4.09. The first-order chi connectivity index (χ1) is 10.5. The van der Waals surface area contributed by atoms with Gasteiger partial charge in [0.15, 0.2) is 0 Å². The summed E-state index contributed by atoms with van der Waals surface area (Å²) in [5.74, 6) is 0. The third kappa shape index (κ3) is 4.39. The Balaban J connectivity index is 2.17. The predicted molar refractivity (Wildman–Crippen MR) is 82.3 cm³/mol. The van der Waals surface area contributed by atoms with Crippen LogP contribution in [-0.2, 0) is 52.4 Å². The Kier molecular flexibility index (Phi) is 5.68. The Morgan fingerprint density at radius 2 is 2.04 bits per heavy atom. The monoisotopic (exact) mass is 551 g/mol. The van der Waals surface area contributed by atoms with Crippen LogP contribution in [0.3, 0.4) is 0 Å². The molecular weight excluding hydrogens is 530 g/mol. The SMILES string of the molecule is Cc1c2c(nn1S(=O)(=O)[CH2][Hg][CH2]Cl)CN(C(=O)OC(C)(C)C)C2. The zero-order valence-corrected chi connectivity index (χ0v) is 20.9. The van der Waals surface area contributed by atoms with Crippen LogP contribution in [-0.4, -0.2) is 40.8 Å². The van der Waals surface area contributed by atoms with Crippen LogP contribution in [0.25, 0.3) is 0 Å². The van der Waals surface area contributed by atoms with Crippen molar-refractivity contribution >= 4 is 27.7 Å². The molecule has 0 aromatic carbocycles. The van der Waals surface area contributed by atoms with E-state index < -0.39 is 46.3 Å². The van der Waals surface area contributed by atoms with E-state index in [2.05, 4.69) is 5.10 Å². The molecule has 0 saturated heterocycles. The van der Waals surface area contributed by atoms with Gasteiger partial charge in [0.25, 0.3) is 0 Å². The van der Waals surface area contributed by atoms with Crippen LogP contribution in [0, 0.1) is 6.92 Å². The van der Waals surface area contributed by atoms with Gasteiger partial charge < -0.3 is 0 Å². The molecule has 23 heavy (non-hydrogen) atoms. The third-order valence-electron chi connectivity index (χ3n) is 3.42. The van der Waals surface area contributed by atoms with Crippen LogP contribution >= 0.6 is 11.6 Å². The number of amides is 1. The molecule has 1 aliphatic heterocycles. The van der Waals surface area contributed by atoms with Crippen LogP contribution < -0.4 is 0 Å². The van der Waals surface area contributed by atoms with E-state index in [0.717, 1.165) is 9.65 Å². The number of alkyl halides is 1. The molecule has 0 unspecified atom stereocenters. The second kappa shape index (κ2) is 6.88. The number of fused-ring (bicyclic) bond motifs is 1. The molecule has 0 atom stereocenters. The maximum atomic E-state index is 12.3. The number of hydrogen-bond acceptors (Lipinski definition) is 5. The fourth-order valence-electron chi connectivity index (χ4n) is 2.38. The van der Waals surface area contributed by atoms with Crippen LogP contribution in [0.5, 0.6) is 0 Å². The van der Waals surface area contributed by atoms with Gasteiger partial charge in [0.1, 0.15) is 0 Å². The topological polar surface area (TPSA) is 81.5 Å². The average molecular weight is 550 g/mol. The zero-order chi connectivity index (χ0) is 17.4. The number of carbonyl (C=O) groups excluding carboxylic acids is 1. The fraction of sp³-hybridized carbons (Fsp3) is 0.692. The second-order valence-electron chi connectivity index (χ2n) is 6.55. The van der Waals surface area contributed by atoms with E-state index >= 15 is 0 Å². The van der Waals surface area contributed by atoms with Gasteiger partial charge in [0, 0.05) is 0 Å². The molecule has 10 heteroatoms. The molecule has 0 aliphatic carbocycles. The van der Waals surface area contributed by atoms with Gasteiger partial charge in [-0.1, -0.05) is 0 Å². The first kappa shape index (κ1) is 19.0. The van der Waals surface area contributed by atoms with Crippen LogP contribution in [0.4, 0.5) is 4.79 Å². The number of halogens is 1. The van der Waals surface area contributed by atoms with Gasteiger partial charge in [-0.15, -0.1) is 0 Å². The summed E-state index contributed by atoms with van der Waals surface area (Å²) in [6.07, 6.45) is -0.414. The Labute approximate surface area is 153 Å². The summed E-state index contributed by atoms with van der Waals surface area (Å²) in [6.45, 7) is 7.74. The van der Waals surface area contributed by atoms with Crippen molar-refractivity contribution in [1.82, 2.24) is 14.1 Å². The molecule has 1 aliphatic rings. The van der Waals surface area contributed by atoms with E-state index in [1.54, 1.807) is 27.7 Å². The molecule has 0 spiro atoms. The van der Waals surface area contributed by atoms with Crippen LogP contribution in [0.1, 0.15) is 37.7 Å². The quantitative estimate of drug-likeness (QED) is 0.423.